The van der Waals surface area contributed by atoms with Gasteiger partial charge in [0.15, 0.2) is 11.6 Å². The topological polar surface area (TPSA) is 98.5 Å². The van der Waals surface area contributed by atoms with Crippen molar-refractivity contribution in [3.8, 4) is 0 Å². The molecule has 2 aromatic rings. The van der Waals surface area contributed by atoms with E-state index in [0.717, 1.165) is 0 Å². The summed E-state index contributed by atoms with van der Waals surface area (Å²) >= 11 is 0. The van der Waals surface area contributed by atoms with Crippen LogP contribution in [0.15, 0.2) is 43.0 Å². The van der Waals surface area contributed by atoms with E-state index in [-0.39, 0.29) is 40.3 Å². The minimum Gasteiger partial charge on any atom is -0.458 e. The standard InChI is InChI=1S/C19H16N2O4/c1-3-8-25-19(24)12-9-13(21-2)14-15(16(12)20)18(23)11-7-5-4-6-10(11)17(14)22/h3-7,9,21H,1,8,20H2,2H3. The van der Waals surface area contributed by atoms with Crippen LogP contribution in [0.3, 0.4) is 0 Å². The van der Waals surface area contributed by atoms with E-state index >= 15 is 0 Å². The number of nitrogens with one attached hydrogen (secondary N) is 1. The zero-order valence-electron chi connectivity index (χ0n) is 13.6. The van der Waals surface area contributed by atoms with E-state index in [4.69, 9.17) is 10.5 Å². The van der Waals surface area contributed by atoms with Crippen LogP contribution >= 0.6 is 0 Å². The van der Waals surface area contributed by atoms with Crippen molar-refractivity contribution in [2.75, 3.05) is 24.7 Å². The lowest BCUT2D eigenvalue weighted by Crippen LogP contribution is -2.25. The summed E-state index contributed by atoms with van der Waals surface area (Å²) in [5.74, 6) is -1.39. The number of ketones is 2. The van der Waals surface area contributed by atoms with Crippen LogP contribution in [-0.4, -0.2) is 31.2 Å². The number of ether oxygens (including phenoxy) is 1. The molecule has 3 N–H and O–H groups in total. The zero-order chi connectivity index (χ0) is 18.1. The monoisotopic (exact) mass is 336 g/mol. The number of hydrogen-bond acceptors (Lipinski definition) is 6. The first kappa shape index (κ1) is 16.4. The molecule has 0 aliphatic heterocycles. The molecule has 2 aromatic carbocycles. The zero-order valence-corrected chi connectivity index (χ0v) is 13.6. The summed E-state index contributed by atoms with van der Waals surface area (Å²) in [6, 6.07) is 7.96. The molecule has 0 aromatic heterocycles. The van der Waals surface area contributed by atoms with Crippen LogP contribution in [-0.2, 0) is 4.74 Å². The molecule has 6 heteroatoms. The highest BCUT2D eigenvalue weighted by molar-refractivity contribution is 6.32. The largest absolute Gasteiger partial charge is 0.458 e. The van der Waals surface area contributed by atoms with E-state index in [1.54, 1.807) is 31.3 Å². The second kappa shape index (κ2) is 6.24. The quantitative estimate of drug-likeness (QED) is 0.431. The predicted octanol–water partition coefficient (Wildman–Crippen LogP) is 2.43. The van der Waals surface area contributed by atoms with Gasteiger partial charge in [-0.3, -0.25) is 9.59 Å². The van der Waals surface area contributed by atoms with E-state index in [0.29, 0.717) is 11.3 Å². The summed E-state index contributed by atoms with van der Waals surface area (Å²) < 4.78 is 5.02. The molecule has 1 aliphatic carbocycles. The number of rotatable bonds is 4. The third-order valence-electron chi connectivity index (χ3n) is 4.06. The van der Waals surface area contributed by atoms with Crippen LogP contribution in [0.25, 0.3) is 0 Å². The van der Waals surface area contributed by atoms with Gasteiger partial charge < -0.3 is 15.8 Å². The summed E-state index contributed by atoms with van der Waals surface area (Å²) in [5, 5.41) is 2.86. The maximum Gasteiger partial charge on any atom is 0.340 e. The van der Waals surface area contributed by atoms with Gasteiger partial charge in [-0.15, -0.1) is 0 Å². The number of fused-ring (bicyclic) bond motifs is 2. The van der Waals surface area contributed by atoms with E-state index < -0.39 is 11.8 Å². The average Bonchev–Trinajstić information content (AvgIpc) is 2.63. The van der Waals surface area contributed by atoms with Gasteiger partial charge in [-0.1, -0.05) is 36.9 Å². The number of carbonyl (C=O) groups is 3. The van der Waals surface area contributed by atoms with Crippen LogP contribution in [0.1, 0.15) is 42.2 Å². The van der Waals surface area contributed by atoms with Crippen molar-refractivity contribution in [2.24, 2.45) is 0 Å². The number of nitrogens with two attached hydrogens (primary N) is 1. The molecular formula is C19H16N2O4. The van der Waals surface area contributed by atoms with E-state index in [9.17, 15) is 14.4 Å². The fourth-order valence-electron chi connectivity index (χ4n) is 2.90. The van der Waals surface area contributed by atoms with Crippen LogP contribution < -0.4 is 11.1 Å². The highest BCUT2D eigenvalue weighted by Gasteiger charge is 2.35. The molecule has 25 heavy (non-hydrogen) atoms. The minimum absolute atomic E-state index is 0.0138. The molecule has 0 fully saturated rings. The number of nitrogen functional groups attached to an aromatic ring is 1. The van der Waals surface area contributed by atoms with Gasteiger partial charge in [0.2, 0.25) is 0 Å². The van der Waals surface area contributed by atoms with E-state index in [1.165, 1.54) is 12.1 Å². The molecule has 0 radical (unpaired) electrons. The lowest BCUT2D eigenvalue weighted by atomic mass is 9.81. The van der Waals surface area contributed by atoms with Gasteiger partial charge in [-0.2, -0.15) is 0 Å². The molecule has 0 amide bonds. The number of hydrogen-bond donors (Lipinski definition) is 2. The van der Waals surface area contributed by atoms with E-state index in [1.807, 2.05) is 0 Å². The lowest BCUT2D eigenvalue weighted by Gasteiger charge is -2.23. The molecule has 6 nitrogen and oxygen atoms in total. The summed E-state index contributed by atoms with van der Waals surface area (Å²) in [6.07, 6.45) is 1.43. The summed E-state index contributed by atoms with van der Waals surface area (Å²) in [4.78, 5) is 38.0. The smallest absolute Gasteiger partial charge is 0.340 e. The molecule has 0 bridgehead atoms. The Kier molecular flexibility index (Phi) is 4.10. The van der Waals surface area contributed by atoms with Gasteiger partial charge in [-0.05, 0) is 6.07 Å². The maximum absolute atomic E-state index is 12.9. The highest BCUT2D eigenvalue weighted by atomic mass is 16.5. The first-order valence-electron chi connectivity index (χ1n) is 7.62. The van der Waals surface area contributed by atoms with Crippen molar-refractivity contribution in [1.82, 2.24) is 0 Å². The van der Waals surface area contributed by atoms with Crippen molar-refractivity contribution in [1.29, 1.82) is 0 Å². The predicted molar refractivity (Wildman–Crippen MR) is 94.2 cm³/mol. The summed E-state index contributed by atoms with van der Waals surface area (Å²) in [7, 11) is 1.60. The molecule has 1 aliphatic rings. The third-order valence-corrected chi connectivity index (χ3v) is 4.06. The van der Waals surface area contributed by atoms with Gasteiger partial charge >= 0.3 is 5.97 Å². The van der Waals surface area contributed by atoms with Crippen molar-refractivity contribution < 1.29 is 19.1 Å². The third kappa shape index (κ3) is 2.48. The second-order valence-corrected chi connectivity index (χ2v) is 5.48. The normalized spacial score (nSPS) is 12.2. The fraction of sp³-hybridized carbons (Fsp3) is 0.105. The Labute approximate surface area is 144 Å². The Morgan fingerprint density at radius 2 is 1.80 bits per heavy atom. The molecule has 126 valence electrons. The number of anilines is 2. The van der Waals surface area contributed by atoms with Crippen molar-refractivity contribution in [2.45, 2.75) is 0 Å². The van der Waals surface area contributed by atoms with Crippen LogP contribution in [0.4, 0.5) is 11.4 Å². The average molecular weight is 336 g/mol. The van der Waals surface area contributed by atoms with Crippen molar-refractivity contribution >= 4 is 28.9 Å². The van der Waals surface area contributed by atoms with Crippen molar-refractivity contribution in [3.05, 3.63) is 70.8 Å². The Morgan fingerprint density at radius 1 is 1.20 bits per heavy atom. The molecular weight excluding hydrogens is 320 g/mol. The number of carbonyl (C=O) groups excluding carboxylic acids is 3. The Hall–Kier alpha value is -3.41. The van der Waals surface area contributed by atoms with Crippen LogP contribution in [0, 0.1) is 0 Å². The van der Waals surface area contributed by atoms with Gasteiger partial charge in [0.1, 0.15) is 6.61 Å². The summed E-state index contributed by atoms with van der Waals surface area (Å²) in [5.41, 5.74) is 7.19. The van der Waals surface area contributed by atoms with Gasteiger partial charge in [0.25, 0.3) is 0 Å². The fourth-order valence-corrected chi connectivity index (χ4v) is 2.90. The SMILES string of the molecule is C=CCOC(=O)c1cc(NC)c2c(c1N)C(=O)c1ccccc1C2=O. The molecule has 0 atom stereocenters. The number of esters is 1. The second-order valence-electron chi connectivity index (χ2n) is 5.48. The summed E-state index contributed by atoms with van der Waals surface area (Å²) in [6.45, 7) is 3.49. The first-order chi connectivity index (χ1) is 12.0. The molecule has 0 spiro atoms. The van der Waals surface area contributed by atoms with Crippen molar-refractivity contribution in [3.63, 3.8) is 0 Å². The first-order valence-corrected chi connectivity index (χ1v) is 7.62. The van der Waals surface area contributed by atoms with Gasteiger partial charge in [-0.25, -0.2) is 4.79 Å². The van der Waals surface area contributed by atoms with E-state index in [2.05, 4.69) is 11.9 Å². The molecule has 0 unspecified atom stereocenters. The lowest BCUT2D eigenvalue weighted by molar-refractivity contribution is 0.0550. The van der Waals surface area contributed by atoms with Gasteiger partial charge in [0, 0.05) is 23.9 Å². The Morgan fingerprint density at radius 3 is 2.36 bits per heavy atom. The molecule has 0 saturated carbocycles. The van der Waals surface area contributed by atoms with Crippen LogP contribution in [0.2, 0.25) is 0 Å². The molecule has 3 rings (SSSR count). The van der Waals surface area contributed by atoms with Crippen LogP contribution in [0.5, 0.6) is 0 Å². The highest BCUT2D eigenvalue weighted by Crippen LogP contribution is 2.37. The number of benzene rings is 2. The Bertz CT molecular complexity index is 931. The van der Waals surface area contributed by atoms with Gasteiger partial charge in [0.05, 0.1) is 22.4 Å². The molecule has 0 saturated heterocycles. The Balaban J connectivity index is 2.26. The minimum atomic E-state index is -0.684. The molecule has 0 heterocycles. The maximum atomic E-state index is 12.9.